The molecule has 1 aliphatic carbocycles. The number of nitrogens with zero attached hydrogens (tertiary/aromatic N) is 1. The molecule has 1 aliphatic rings. The van der Waals surface area contributed by atoms with Gasteiger partial charge >= 0.3 is 0 Å². The molecule has 1 aromatic heterocycles. The van der Waals surface area contributed by atoms with Crippen molar-refractivity contribution in [3.05, 3.63) is 70.7 Å². The van der Waals surface area contributed by atoms with Crippen molar-refractivity contribution in [1.82, 2.24) is 10.3 Å². The number of carbonyl (C=O) groups is 1. The van der Waals surface area contributed by atoms with Crippen molar-refractivity contribution in [2.75, 3.05) is 0 Å². The Balaban J connectivity index is 1.48. The van der Waals surface area contributed by atoms with Crippen LogP contribution in [-0.4, -0.2) is 22.1 Å². The standard InChI is InChI=1S/C19H16N2O2S/c22-15-11-12-5-1-2-6-13(12)19(15)21-17(23)9-10-18-20-14-7-3-4-8-16(14)24-18/h1-10,15,19,22H,11H2,(H,21,23)/b10-9+/t15-,19+/m0/s1. The molecular formula is C19H16N2O2S. The Morgan fingerprint density at radius 3 is 2.88 bits per heavy atom. The van der Waals surface area contributed by atoms with Gasteiger partial charge in [-0.25, -0.2) is 4.98 Å². The lowest BCUT2D eigenvalue weighted by Crippen LogP contribution is -2.32. The summed E-state index contributed by atoms with van der Waals surface area (Å²) in [5.74, 6) is -0.227. The van der Waals surface area contributed by atoms with Crippen molar-refractivity contribution in [2.24, 2.45) is 0 Å². The predicted molar refractivity (Wildman–Crippen MR) is 95.7 cm³/mol. The lowest BCUT2D eigenvalue weighted by atomic mass is 10.1. The normalized spacial score (nSPS) is 19.7. The summed E-state index contributed by atoms with van der Waals surface area (Å²) < 4.78 is 1.10. The Morgan fingerprint density at radius 1 is 1.21 bits per heavy atom. The molecule has 1 amide bonds. The molecule has 24 heavy (non-hydrogen) atoms. The van der Waals surface area contributed by atoms with E-state index in [4.69, 9.17) is 0 Å². The summed E-state index contributed by atoms with van der Waals surface area (Å²) in [7, 11) is 0. The van der Waals surface area contributed by atoms with E-state index in [9.17, 15) is 9.90 Å². The maximum atomic E-state index is 12.2. The first kappa shape index (κ1) is 15.1. The molecule has 2 aromatic carbocycles. The second-order valence-electron chi connectivity index (χ2n) is 5.81. The highest BCUT2D eigenvalue weighted by Crippen LogP contribution is 2.31. The molecule has 0 bridgehead atoms. The molecule has 0 saturated carbocycles. The number of benzene rings is 2. The van der Waals surface area contributed by atoms with Crippen LogP contribution in [-0.2, 0) is 11.2 Å². The molecule has 0 saturated heterocycles. The van der Waals surface area contributed by atoms with Gasteiger partial charge in [-0.1, -0.05) is 36.4 Å². The fraction of sp³-hybridized carbons (Fsp3) is 0.158. The minimum Gasteiger partial charge on any atom is -0.390 e. The van der Waals surface area contributed by atoms with Gasteiger partial charge in [0.25, 0.3) is 0 Å². The Labute approximate surface area is 143 Å². The lowest BCUT2D eigenvalue weighted by molar-refractivity contribution is -0.117. The number of nitrogens with one attached hydrogen (secondary N) is 1. The highest BCUT2D eigenvalue weighted by atomic mass is 32.1. The Hall–Kier alpha value is -2.50. The second-order valence-corrected chi connectivity index (χ2v) is 6.87. The van der Waals surface area contributed by atoms with Crippen molar-refractivity contribution in [1.29, 1.82) is 0 Å². The molecule has 0 spiro atoms. The van der Waals surface area contributed by atoms with Crippen molar-refractivity contribution in [3.8, 4) is 0 Å². The van der Waals surface area contributed by atoms with Crippen LogP contribution >= 0.6 is 11.3 Å². The monoisotopic (exact) mass is 336 g/mol. The summed E-state index contributed by atoms with van der Waals surface area (Å²) in [6.45, 7) is 0. The number of rotatable bonds is 3. The number of aliphatic hydroxyl groups excluding tert-OH is 1. The Bertz CT molecular complexity index is 899. The predicted octanol–water partition coefficient (Wildman–Crippen LogP) is 3.08. The van der Waals surface area contributed by atoms with Crippen LogP contribution in [0.4, 0.5) is 0 Å². The molecule has 0 aliphatic heterocycles. The molecule has 3 aromatic rings. The zero-order valence-electron chi connectivity index (χ0n) is 12.8. The van der Waals surface area contributed by atoms with Gasteiger partial charge in [0.1, 0.15) is 5.01 Å². The summed E-state index contributed by atoms with van der Waals surface area (Å²) in [5, 5.41) is 13.9. The quantitative estimate of drug-likeness (QED) is 0.723. The number of hydrogen-bond acceptors (Lipinski definition) is 4. The summed E-state index contributed by atoms with van der Waals surface area (Å²) in [6.07, 6.45) is 3.18. The third kappa shape index (κ3) is 2.84. The van der Waals surface area contributed by atoms with Gasteiger partial charge in [-0.3, -0.25) is 4.79 Å². The van der Waals surface area contributed by atoms with Crippen molar-refractivity contribution < 1.29 is 9.90 Å². The molecule has 0 radical (unpaired) electrons. The number of para-hydroxylation sites is 1. The summed E-state index contributed by atoms with van der Waals surface area (Å²) >= 11 is 1.54. The van der Waals surface area contributed by atoms with E-state index in [0.29, 0.717) is 6.42 Å². The van der Waals surface area contributed by atoms with E-state index in [-0.39, 0.29) is 11.9 Å². The van der Waals surface area contributed by atoms with Gasteiger partial charge in [0.15, 0.2) is 0 Å². The SMILES string of the molecule is O=C(/C=C/c1nc2ccccc2s1)N[C@@H]1c2ccccc2C[C@@H]1O. The van der Waals surface area contributed by atoms with E-state index in [1.807, 2.05) is 48.5 Å². The van der Waals surface area contributed by atoms with E-state index in [1.54, 1.807) is 17.4 Å². The van der Waals surface area contributed by atoms with Gasteiger partial charge in [0.2, 0.25) is 5.91 Å². The third-order valence-corrected chi connectivity index (χ3v) is 5.19. The van der Waals surface area contributed by atoms with Crippen LogP contribution < -0.4 is 5.32 Å². The highest BCUT2D eigenvalue weighted by molar-refractivity contribution is 7.19. The summed E-state index contributed by atoms with van der Waals surface area (Å²) in [5.41, 5.74) is 3.01. The average Bonchev–Trinajstić information content (AvgIpc) is 3.14. The van der Waals surface area contributed by atoms with Crippen LogP contribution in [0.5, 0.6) is 0 Å². The van der Waals surface area contributed by atoms with Crippen LogP contribution in [0, 0.1) is 0 Å². The van der Waals surface area contributed by atoms with Gasteiger partial charge in [0.05, 0.1) is 22.4 Å². The van der Waals surface area contributed by atoms with Crippen LogP contribution in [0.3, 0.4) is 0 Å². The molecule has 4 nitrogen and oxygen atoms in total. The highest BCUT2D eigenvalue weighted by Gasteiger charge is 2.31. The summed E-state index contributed by atoms with van der Waals surface area (Å²) in [6, 6.07) is 15.3. The molecule has 5 heteroatoms. The fourth-order valence-corrected chi connectivity index (χ4v) is 3.93. The largest absolute Gasteiger partial charge is 0.390 e. The van der Waals surface area contributed by atoms with E-state index < -0.39 is 6.10 Å². The number of hydrogen-bond donors (Lipinski definition) is 2. The van der Waals surface area contributed by atoms with Gasteiger partial charge < -0.3 is 10.4 Å². The van der Waals surface area contributed by atoms with Crippen LogP contribution in [0.1, 0.15) is 22.2 Å². The van der Waals surface area contributed by atoms with E-state index >= 15 is 0 Å². The topological polar surface area (TPSA) is 62.2 Å². The Morgan fingerprint density at radius 2 is 2.00 bits per heavy atom. The zero-order chi connectivity index (χ0) is 16.5. The van der Waals surface area contributed by atoms with E-state index in [1.165, 1.54) is 6.08 Å². The number of fused-ring (bicyclic) bond motifs is 2. The molecule has 120 valence electrons. The number of carbonyl (C=O) groups excluding carboxylic acids is 1. The van der Waals surface area contributed by atoms with Gasteiger partial charge in [0, 0.05) is 12.5 Å². The maximum Gasteiger partial charge on any atom is 0.244 e. The zero-order valence-corrected chi connectivity index (χ0v) is 13.7. The first-order valence-electron chi connectivity index (χ1n) is 7.81. The van der Waals surface area contributed by atoms with Crippen molar-refractivity contribution in [2.45, 2.75) is 18.6 Å². The number of aliphatic hydroxyl groups is 1. The van der Waals surface area contributed by atoms with E-state index in [2.05, 4.69) is 10.3 Å². The molecule has 2 N–H and O–H groups in total. The molecule has 2 atom stereocenters. The molecular weight excluding hydrogens is 320 g/mol. The fourth-order valence-electron chi connectivity index (χ4n) is 3.06. The van der Waals surface area contributed by atoms with Gasteiger partial charge in [-0.15, -0.1) is 11.3 Å². The molecule has 0 unspecified atom stereocenters. The molecule has 0 fully saturated rings. The van der Waals surface area contributed by atoms with Gasteiger partial charge in [-0.05, 0) is 29.3 Å². The van der Waals surface area contributed by atoms with Crippen LogP contribution in [0.15, 0.2) is 54.6 Å². The number of aromatic nitrogens is 1. The maximum absolute atomic E-state index is 12.2. The minimum absolute atomic E-state index is 0.227. The smallest absolute Gasteiger partial charge is 0.244 e. The number of thiazole rings is 1. The second kappa shape index (κ2) is 6.19. The average molecular weight is 336 g/mol. The first-order chi connectivity index (χ1) is 11.7. The molecule has 1 heterocycles. The number of amides is 1. The van der Waals surface area contributed by atoms with Crippen molar-refractivity contribution >= 4 is 33.5 Å². The van der Waals surface area contributed by atoms with Crippen LogP contribution in [0.2, 0.25) is 0 Å². The van der Waals surface area contributed by atoms with E-state index in [0.717, 1.165) is 26.4 Å². The first-order valence-corrected chi connectivity index (χ1v) is 8.62. The third-order valence-electron chi connectivity index (χ3n) is 4.19. The van der Waals surface area contributed by atoms with Crippen LogP contribution in [0.25, 0.3) is 16.3 Å². The Kier molecular flexibility index (Phi) is 3.88. The summed E-state index contributed by atoms with van der Waals surface area (Å²) in [4.78, 5) is 16.7. The lowest BCUT2D eigenvalue weighted by Gasteiger charge is -2.16. The molecule has 4 rings (SSSR count). The van der Waals surface area contributed by atoms with Crippen molar-refractivity contribution in [3.63, 3.8) is 0 Å². The minimum atomic E-state index is -0.581. The van der Waals surface area contributed by atoms with Gasteiger partial charge in [-0.2, -0.15) is 0 Å².